The van der Waals surface area contributed by atoms with E-state index in [0.29, 0.717) is 17.1 Å². The summed E-state index contributed by atoms with van der Waals surface area (Å²) >= 11 is 6.07. The average Bonchev–Trinajstić information content (AvgIpc) is 2.42. The van der Waals surface area contributed by atoms with E-state index in [1.807, 2.05) is 31.2 Å². The molecule has 0 heterocycles. The molecule has 0 amide bonds. The van der Waals surface area contributed by atoms with Crippen LogP contribution in [-0.4, -0.2) is 6.54 Å². The SMILES string of the molecule is CCCNCc1cc(Cl)ccc1-c1cc(C)ccc1F. The van der Waals surface area contributed by atoms with Crippen molar-refractivity contribution >= 4 is 11.6 Å². The van der Waals surface area contributed by atoms with Gasteiger partial charge in [0.15, 0.2) is 0 Å². The van der Waals surface area contributed by atoms with Crippen LogP contribution >= 0.6 is 11.6 Å². The lowest BCUT2D eigenvalue weighted by Crippen LogP contribution is -2.14. The Morgan fingerprint density at radius 1 is 1.10 bits per heavy atom. The largest absolute Gasteiger partial charge is 0.313 e. The maximum atomic E-state index is 14.1. The molecule has 0 aromatic heterocycles. The number of hydrogen-bond donors (Lipinski definition) is 1. The van der Waals surface area contributed by atoms with Crippen molar-refractivity contribution in [1.29, 1.82) is 0 Å². The predicted molar refractivity (Wildman–Crippen MR) is 83.6 cm³/mol. The standard InChI is InChI=1S/C17H19ClFN/c1-3-8-20-11-13-10-14(18)5-6-15(13)16-9-12(2)4-7-17(16)19/h4-7,9-10,20H,3,8,11H2,1-2H3. The fourth-order valence-corrected chi connectivity index (χ4v) is 2.41. The van der Waals surface area contributed by atoms with E-state index < -0.39 is 0 Å². The Kier molecular flexibility index (Phi) is 5.16. The lowest BCUT2D eigenvalue weighted by atomic mass is 9.97. The van der Waals surface area contributed by atoms with Crippen LogP contribution in [-0.2, 0) is 6.54 Å². The zero-order valence-corrected chi connectivity index (χ0v) is 12.6. The second kappa shape index (κ2) is 6.87. The highest BCUT2D eigenvalue weighted by Crippen LogP contribution is 2.29. The normalized spacial score (nSPS) is 10.8. The highest BCUT2D eigenvalue weighted by molar-refractivity contribution is 6.30. The monoisotopic (exact) mass is 291 g/mol. The molecule has 20 heavy (non-hydrogen) atoms. The van der Waals surface area contributed by atoms with Gasteiger partial charge in [0.1, 0.15) is 5.82 Å². The first-order valence-electron chi connectivity index (χ1n) is 6.87. The summed E-state index contributed by atoms with van der Waals surface area (Å²) in [7, 11) is 0. The van der Waals surface area contributed by atoms with Crippen molar-refractivity contribution in [2.75, 3.05) is 6.54 Å². The van der Waals surface area contributed by atoms with Crippen molar-refractivity contribution in [2.45, 2.75) is 26.8 Å². The van der Waals surface area contributed by atoms with E-state index in [9.17, 15) is 4.39 Å². The van der Waals surface area contributed by atoms with Crippen molar-refractivity contribution in [3.63, 3.8) is 0 Å². The summed E-state index contributed by atoms with van der Waals surface area (Å²) in [6.07, 6.45) is 1.06. The summed E-state index contributed by atoms with van der Waals surface area (Å²) in [6.45, 7) is 5.71. The summed E-state index contributed by atoms with van der Waals surface area (Å²) in [6, 6.07) is 10.8. The number of benzene rings is 2. The first-order valence-corrected chi connectivity index (χ1v) is 7.25. The maximum absolute atomic E-state index is 14.1. The van der Waals surface area contributed by atoms with E-state index in [1.54, 1.807) is 6.07 Å². The quantitative estimate of drug-likeness (QED) is 0.768. The Labute approximate surface area is 124 Å². The highest BCUT2D eigenvalue weighted by Gasteiger charge is 2.10. The zero-order valence-electron chi connectivity index (χ0n) is 11.8. The van der Waals surface area contributed by atoms with Crippen molar-refractivity contribution < 1.29 is 4.39 Å². The van der Waals surface area contributed by atoms with Gasteiger partial charge in [-0.2, -0.15) is 0 Å². The van der Waals surface area contributed by atoms with Gasteiger partial charge in [-0.05, 0) is 55.3 Å². The van der Waals surface area contributed by atoms with Gasteiger partial charge in [-0.25, -0.2) is 4.39 Å². The third-order valence-electron chi connectivity index (χ3n) is 3.22. The average molecular weight is 292 g/mol. The fourth-order valence-electron chi connectivity index (χ4n) is 2.22. The molecule has 0 unspecified atom stereocenters. The Balaban J connectivity index is 2.41. The summed E-state index contributed by atoms with van der Waals surface area (Å²) < 4.78 is 14.1. The molecule has 2 aromatic carbocycles. The second-order valence-electron chi connectivity index (χ2n) is 4.96. The number of halogens is 2. The minimum Gasteiger partial charge on any atom is -0.313 e. The third-order valence-corrected chi connectivity index (χ3v) is 3.46. The molecule has 0 fully saturated rings. The van der Waals surface area contributed by atoms with E-state index in [2.05, 4.69) is 12.2 Å². The van der Waals surface area contributed by atoms with Gasteiger partial charge in [0.25, 0.3) is 0 Å². The molecule has 0 spiro atoms. The van der Waals surface area contributed by atoms with Crippen molar-refractivity contribution in [1.82, 2.24) is 5.32 Å². The fraction of sp³-hybridized carbons (Fsp3) is 0.294. The van der Waals surface area contributed by atoms with Crippen molar-refractivity contribution in [3.05, 3.63) is 58.4 Å². The molecule has 0 atom stereocenters. The molecule has 2 rings (SSSR count). The Morgan fingerprint density at radius 3 is 2.65 bits per heavy atom. The first kappa shape index (κ1) is 15.0. The molecule has 0 saturated heterocycles. The van der Waals surface area contributed by atoms with Gasteiger partial charge in [0.2, 0.25) is 0 Å². The van der Waals surface area contributed by atoms with Crippen LogP contribution < -0.4 is 5.32 Å². The Hall–Kier alpha value is -1.38. The third kappa shape index (κ3) is 3.59. The summed E-state index contributed by atoms with van der Waals surface area (Å²) in [4.78, 5) is 0. The van der Waals surface area contributed by atoms with Crippen LogP contribution in [0.5, 0.6) is 0 Å². The highest BCUT2D eigenvalue weighted by atomic mass is 35.5. The molecule has 3 heteroatoms. The molecule has 106 valence electrons. The molecule has 0 aliphatic rings. The number of rotatable bonds is 5. The van der Waals surface area contributed by atoms with Crippen molar-refractivity contribution in [2.24, 2.45) is 0 Å². The first-order chi connectivity index (χ1) is 9.61. The van der Waals surface area contributed by atoms with Gasteiger partial charge in [0.05, 0.1) is 0 Å². The predicted octanol–water partition coefficient (Wildman–Crippen LogP) is 4.95. The maximum Gasteiger partial charge on any atom is 0.131 e. The summed E-state index contributed by atoms with van der Waals surface area (Å²) in [5, 5.41) is 4.02. The number of hydrogen-bond acceptors (Lipinski definition) is 1. The molecule has 1 nitrogen and oxygen atoms in total. The van der Waals surface area contributed by atoms with Crippen LogP contribution in [0.3, 0.4) is 0 Å². The lowest BCUT2D eigenvalue weighted by Gasteiger charge is -2.12. The molecule has 2 aromatic rings. The van der Waals surface area contributed by atoms with E-state index in [0.717, 1.165) is 29.7 Å². The molecule has 0 aliphatic carbocycles. The van der Waals surface area contributed by atoms with Gasteiger partial charge in [0, 0.05) is 17.1 Å². The number of aryl methyl sites for hydroxylation is 1. The van der Waals surface area contributed by atoms with E-state index in [1.165, 1.54) is 6.07 Å². The van der Waals surface area contributed by atoms with Crippen LogP contribution in [0.2, 0.25) is 5.02 Å². The van der Waals surface area contributed by atoms with Gasteiger partial charge >= 0.3 is 0 Å². The van der Waals surface area contributed by atoms with Gasteiger partial charge < -0.3 is 5.32 Å². The minimum absolute atomic E-state index is 0.199. The molecule has 0 bridgehead atoms. The molecule has 0 saturated carbocycles. The van der Waals surface area contributed by atoms with E-state index in [4.69, 9.17) is 11.6 Å². The van der Waals surface area contributed by atoms with Crippen molar-refractivity contribution in [3.8, 4) is 11.1 Å². The van der Waals surface area contributed by atoms with Crippen LogP contribution in [0.25, 0.3) is 11.1 Å². The minimum atomic E-state index is -0.199. The smallest absolute Gasteiger partial charge is 0.131 e. The van der Waals surface area contributed by atoms with E-state index in [-0.39, 0.29) is 5.82 Å². The van der Waals surface area contributed by atoms with Crippen LogP contribution in [0.1, 0.15) is 24.5 Å². The summed E-state index contributed by atoms with van der Waals surface area (Å²) in [5.41, 5.74) is 3.61. The molecular formula is C17H19ClFN. The van der Waals surface area contributed by atoms with Crippen LogP contribution in [0, 0.1) is 12.7 Å². The Bertz CT molecular complexity index is 596. The molecule has 0 radical (unpaired) electrons. The lowest BCUT2D eigenvalue weighted by molar-refractivity contribution is 0.630. The number of nitrogens with one attached hydrogen (secondary N) is 1. The molecule has 1 N–H and O–H groups in total. The zero-order chi connectivity index (χ0) is 14.5. The molecular weight excluding hydrogens is 273 g/mol. The Morgan fingerprint density at radius 2 is 1.90 bits per heavy atom. The topological polar surface area (TPSA) is 12.0 Å². The van der Waals surface area contributed by atoms with Crippen LogP contribution in [0.15, 0.2) is 36.4 Å². The van der Waals surface area contributed by atoms with Gasteiger partial charge in [-0.15, -0.1) is 0 Å². The molecule has 0 aliphatic heterocycles. The van der Waals surface area contributed by atoms with Gasteiger partial charge in [-0.3, -0.25) is 0 Å². The summed E-state index contributed by atoms with van der Waals surface area (Å²) in [5.74, 6) is -0.199. The van der Waals surface area contributed by atoms with Crippen LogP contribution in [0.4, 0.5) is 4.39 Å². The second-order valence-corrected chi connectivity index (χ2v) is 5.40. The van der Waals surface area contributed by atoms with E-state index >= 15 is 0 Å². The van der Waals surface area contributed by atoms with Gasteiger partial charge in [-0.1, -0.05) is 36.2 Å².